The molecule has 4 heterocycles. The van der Waals surface area contributed by atoms with Crippen LogP contribution in [0.25, 0.3) is 0 Å². The molecule has 3 amide bonds. The predicted octanol–water partition coefficient (Wildman–Crippen LogP) is 1.11. The standard InChI is InChI=1S/C20H25N3O6/c24-18-11-14(13-23(18)15-1-2-16-17(12-15)27-8-7-26-16)21-19(25)22-5-3-20(4-6-22)28-9-10-29-20/h1-2,12,14H,3-11,13H2,(H,21,25). The summed E-state index contributed by atoms with van der Waals surface area (Å²) in [6, 6.07) is 5.13. The Bertz CT molecular complexity index is 799. The Hall–Kier alpha value is -2.52. The number of benzene rings is 1. The molecule has 0 radical (unpaired) electrons. The summed E-state index contributed by atoms with van der Waals surface area (Å²) in [7, 11) is 0. The van der Waals surface area contributed by atoms with Gasteiger partial charge in [0.25, 0.3) is 0 Å². The number of carbonyl (C=O) groups is 2. The highest BCUT2D eigenvalue weighted by Gasteiger charge is 2.41. The summed E-state index contributed by atoms with van der Waals surface area (Å²) in [5.41, 5.74) is 0.756. The Labute approximate surface area is 168 Å². The summed E-state index contributed by atoms with van der Waals surface area (Å²) in [6.07, 6.45) is 1.63. The summed E-state index contributed by atoms with van der Waals surface area (Å²) < 4.78 is 22.6. The average molecular weight is 403 g/mol. The van der Waals surface area contributed by atoms with E-state index in [0.717, 1.165) is 5.69 Å². The van der Waals surface area contributed by atoms with Gasteiger partial charge >= 0.3 is 6.03 Å². The van der Waals surface area contributed by atoms with Crippen LogP contribution in [0, 0.1) is 0 Å². The van der Waals surface area contributed by atoms with Gasteiger partial charge in [-0.15, -0.1) is 0 Å². The van der Waals surface area contributed by atoms with Crippen molar-refractivity contribution in [3.05, 3.63) is 18.2 Å². The maximum atomic E-state index is 12.7. The van der Waals surface area contributed by atoms with Crippen molar-refractivity contribution in [1.82, 2.24) is 10.2 Å². The number of hydrogen-bond donors (Lipinski definition) is 1. The van der Waals surface area contributed by atoms with E-state index in [2.05, 4.69) is 5.32 Å². The van der Waals surface area contributed by atoms with Gasteiger partial charge in [0.1, 0.15) is 13.2 Å². The minimum atomic E-state index is -0.505. The molecule has 5 rings (SSSR count). The molecule has 1 aromatic carbocycles. The van der Waals surface area contributed by atoms with Crippen LogP contribution in [0.15, 0.2) is 18.2 Å². The maximum Gasteiger partial charge on any atom is 0.317 e. The first-order valence-electron chi connectivity index (χ1n) is 10.2. The number of nitrogens with zero attached hydrogens (tertiary/aromatic N) is 2. The SMILES string of the molecule is O=C(NC1CC(=O)N(c2ccc3c(c2)OCCO3)C1)N1CCC2(CC1)OCCO2. The molecule has 0 aliphatic carbocycles. The number of rotatable bonds is 2. The number of nitrogens with one attached hydrogen (secondary N) is 1. The molecule has 9 heteroatoms. The molecule has 0 saturated carbocycles. The number of piperidine rings is 1. The number of anilines is 1. The zero-order valence-electron chi connectivity index (χ0n) is 16.2. The smallest absolute Gasteiger partial charge is 0.317 e. The molecule has 4 aliphatic heterocycles. The van der Waals surface area contributed by atoms with Crippen molar-refractivity contribution in [2.45, 2.75) is 31.1 Å². The lowest BCUT2D eigenvalue weighted by atomic mass is 10.0. The van der Waals surface area contributed by atoms with Crippen molar-refractivity contribution in [2.24, 2.45) is 0 Å². The molecule has 0 bridgehead atoms. The van der Waals surface area contributed by atoms with Crippen molar-refractivity contribution in [3.8, 4) is 11.5 Å². The van der Waals surface area contributed by atoms with E-state index in [4.69, 9.17) is 18.9 Å². The molecule has 0 aromatic heterocycles. The normalized spacial score (nSPS) is 25.5. The van der Waals surface area contributed by atoms with Gasteiger partial charge in [0.15, 0.2) is 17.3 Å². The van der Waals surface area contributed by atoms with Crippen LogP contribution >= 0.6 is 0 Å². The highest BCUT2D eigenvalue weighted by molar-refractivity contribution is 5.97. The van der Waals surface area contributed by atoms with Gasteiger partial charge in [-0.3, -0.25) is 4.79 Å². The second-order valence-corrected chi connectivity index (χ2v) is 7.78. The fourth-order valence-corrected chi connectivity index (χ4v) is 4.36. The van der Waals surface area contributed by atoms with Crippen LogP contribution in [0.3, 0.4) is 0 Å². The van der Waals surface area contributed by atoms with Crippen molar-refractivity contribution in [3.63, 3.8) is 0 Å². The fraction of sp³-hybridized carbons (Fsp3) is 0.600. The van der Waals surface area contributed by atoms with Gasteiger partial charge in [-0.1, -0.05) is 0 Å². The van der Waals surface area contributed by atoms with Crippen molar-refractivity contribution in [1.29, 1.82) is 0 Å². The summed E-state index contributed by atoms with van der Waals surface area (Å²) in [4.78, 5) is 28.7. The zero-order valence-corrected chi connectivity index (χ0v) is 16.2. The Kier molecular flexibility index (Phi) is 4.71. The lowest BCUT2D eigenvalue weighted by Crippen LogP contribution is -2.52. The molecule has 1 unspecified atom stereocenters. The second-order valence-electron chi connectivity index (χ2n) is 7.78. The minimum absolute atomic E-state index is 0.0164. The number of urea groups is 1. The van der Waals surface area contributed by atoms with E-state index in [1.165, 1.54) is 0 Å². The van der Waals surface area contributed by atoms with Gasteiger partial charge in [0.05, 0.1) is 19.3 Å². The molecular weight excluding hydrogens is 378 g/mol. The van der Waals surface area contributed by atoms with E-state index in [1.54, 1.807) is 9.80 Å². The van der Waals surface area contributed by atoms with Gasteiger partial charge in [0.2, 0.25) is 5.91 Å². The Balaban J connectivity index is 1.18. The number of hydrogen-bond acceptors (Lipinski definition) is 6. The first kappa shape index (κ1) is 18.5. The molecule has 1 N–H and O–H groups in total. The van der Waals surface area contributed by atoms with Gasteiger partial charge < -0.3 is 34.1 Å². The van der Waals surface area contributed by atoms with Crippen molar-refractivity contribution < 1.29 is 28.5 Å². The van der Waals surface area contributed by atoms with Crippen LogP contribution in [0.5, 0.6) is 11.5 Å². The Morgan fingerprint density at radius 1 is 1.03 bits per heavy atom. The Morgan fingerprint density at radius 2 is 1.76 bits per heavy atom. The van der Waals surface area contributed by atoms with Gasteiger partial charge in [-0.05, 0) is 12.1 Å². The maximum absolute atomic E-state index is 12.7. The lowest BCUT2D eigenvalue weighted by molar-refractivity contribution is -0.181. The molecular formula is C20H25N3O6. The molecule has 156 valence electrons. The van der Waals surface area contributed by atoms with Gasteiger partial charge in [0, 0.05) is 50.7 Å². The van der Waals surface area contributed by atoms with Crippen LogP contribution in [-0.2, 0) is 14.3 Å². The van der Waals surface area contributed by atoms with Crippen LogP contribution in [-0.4, -0.2) is 74.7 Å². The van der Waals surface area contributed by atoms with E-state index in [9.17, 15) is 9.59 Å². The molecule has 9 nitrogen and oxygen atoms in total. The van der Waals surface area contributed by atoms with Crippen LogP contribution in [0.2, 0.25) is 0 Å². The number of amides is 3. The molecule has 1 spiro atoms. The quantitative estimate of drug-likeness (QED) is 0.796. The third-order valence-electron chi connectivity index (χ3n) is 5.92. The highest BCUT2D eigenvalue weighted by Crippen LogP contribution is 2.35. The van der Waals surface area contributed by atoms with E-state index in [0.29, 0.717) is 70.4 Å². The number of fused-ring (bicyclic) bond motifs is 1. The van der Waals surface area contributed by atoms with Crippen LogP contribution in [0.1, 0.15) is 19.3 Å². The van der Waals surface area contributed by atoms with Crippen molar-refractivity contribution in [2.75, 3.05) is 51.0 Å². The van der Waals surface area contributed by atoms with E-state index >= 15 is 0 Å². The third-order valence-corrected chi connectivity index (χ3v) is 5.92. The summed E-state index contributed by atoms with van der Waals surface area (Å²) in [5, 5.41) is 3.01. The van der Waals surface area contributed by atoms with Crippen LogP contribution in [0.4, 0.5) is 10.5 Å². The number of likely N-dealkylation sites (tertiary alicyclic amines) is 1. The lowest BCUT2D eigenvalue weighted by Gasteiger charge is -2.37. The first-order chi connectivity index (χ1) is 14.1. The van der Waals surface area contributed by atoms with Crippen LogP contribution < -0.4 is 19.7 Å². The third kappa shape index (κ3) is 3.60. The summed E-state index contributed by atoms with van der Waals surface area (Å²) in [6.45, 7) is 3.86. The zero-order chi connectivity index (χ0) is 19.8. The minimum Gasteiger partial charge on any atom is -0.486 e. The van der Waals surface area contributed by atoms with E-state index in [-0.39, 0.29) is 24.4 Å². The summed E-state index contributed by atoms with van der Waals surface area (Å²) >= 11 is 0. The monoisotopic (exact) mass is 403 g/mol. The largest absolute Gasteiger partial charge is 0.486 e. The number of ether oxygens (including phenoxy) is 4. The van der Waals surface area contributed by atoms with E-state index in [1.807, 2.05) is 18.2 Å². The number of carbonyl (C=O) groups excluding carboxylic acids is 2. The fourth-order valence-electron chi connectivity index (χ4n) is 4.36. The Morgan fingerprint density at radius 3 is 2.52 bits per heavy atom. The second kappa shape index (κ2) is 7.38. The van der Waals surface area contributed by atoms with Gasteiger partial charge in [-0.25, -0.2) is 4.79 Å². The first-order valence-corrected chi connectivity index (χ1v) is 10.2. The highest BCUT2D eigenvalue weighted by atomic mass is 16.7. The predicted molar refractivity (Wildman–Crippen MR) is 102 cm³/mol. The average Bonchev–Trinajstić information content (AvgIpc) is 3.34. The summed E-state index contributed by atoms with van der Waals surface area (Å²) in [5.74, 6) is 0.814. The molecule has 1 atom stereocenters. The topological polar surface area (TPSA) is 89.6 Å². The van der Waals surface area contributed by atoms with Gasteiger partial charge in [-0.2, -0.15) is 0 Å². The molecule has 4 aliphatic rings. The van der Waals surface area contributed by atoms with Crippen molar-refractivity contribution >= 4 is 17.6 Å². The molecule has 29 heavy (non-hydrogen) atoms. The molecule has 3 saturated heterocycles. The molecule has 3 fully saturated rings. The van der Waals surface area contributed by atoms with E-state index < -0.39 is 5.79 Å². The molecule has 1 aromatic rings.